The first-order chi connectivity index (χ1) is 10.4. The van der Waals surface area contributed by atoms with Crippen molar-refractivity contribution >= 4 is 29.0 Å². The van der Waals surface area contributed by atoms with Gasteiger partial charge in [0.2, 0.25) is 5.91 Å². The number of hydrogen-bond acceptors (Lipinski definition) is 5. The van der Waals surface area contributed by atoms with Crippen LogP contribution in [0.5, 0.6) is 0 Å². The lowest BCUT2D eigenvalue weighted by molar-refractivity contribution is -0.775. The van der Waals surface area contributed by atoms with Gasteiger partial charge in [-0.3, -0.25) is 9.59 Å². The maximum absolute atomic E-state index is 11.5. The van der Waals surface area contributed by atoms with Gasteiger partial charge in [0.15, 0.2) is 0 Å². The summed E-state index contributed by atoms with van der Waals surface area (Å²) in [6.45, 7) is 3.05. The maximum Gasteiger partial charge on any atom is 0.341 e. The van der Waals surface area contributed by atoms with Crippen molar-refractivity contribution in [3.63, 3.8) is 0 Å². The molecule has 1 aromatic rings. The molecule has 1 heterocycles. The molecule has 1 aromatic carbocycles. The van der Waals surface area contributed by atoms with Gasteiger partial charge in [0.25, 0.3) is 0 Å². The number of quaternary nitrogens is 1. The van der Waals surface area contributed by atoms with Gasteiger partial charge in [-0.05, 0) is 26.0 Å². The molecule has 7 heteroatoms. The van der Waals surface area contributed by atoms with Crippen molar-refractivity contribution in [1.29, 1.82) is 0 Å². The molecular weight excluding hydrogens is 286 g/mol. The normalized spacial score (nSPS) is 21.2. The summed E-state index contributed by atoms with van der Waals surface area (Å²) >= 11 is 0. The van der Waals surface area contributed by atoms with Gasteiger partial charge in [-0.2, -0.15) is 5.17 Å². The molecule has 0 spiro atoms. The Hall–Kier alpha value is -2.38. The van der Waals surface area contributed by atoms with E-state index in [0.717, 1.165) is 5.56 Å². The zero-order valence-electron chi connectivity index (χ0n) is 12.4. The average molecular weight is 303 g/mol. The zero-order chi connectivity index (χ0) is 16.3. The second-order valence-corrected chi connectivity index (χ2v) is 5.34. The fourth-order valence-corrected chi connectivity index (χ4v) is 2.18. The van der Waals surface area contributed by atoms with Gasteiger partial charge in [-0.1, -0.05) is 17.2 Å². The number of carbonyl (C=O) groups excluding carboxylic acids is 3. The third kappa shape index (κ3) is 3.84. The quantitative estimate of drug-likeness (QED) is 0.615. The number of benzene rings is 1. The van der Waals surface area contributed by atoms with Gasteiger partial charge in [0, 0.05) is 17.7 Å². The lowest BCUT2D eigenvalue weighted by Crippen LogP contribution is -3.07. The van der Waals surface area contributed by atoms with Crippen LogP contribution in [0, 0.1) is 11.1 Å². The van der Waals surface area contributed by atoms with Crippen LogP contribution >= 0.6 is 0 Å². The summed E-state index contributed by atoms with van der Waals surface area (Å²) in [6.07, 6.45) is 0.253. The van der Waals surface area contributed by atoms with E-state index in [1.165, 1.54) is 6.92 Å². The van der Waals surface area contributed by atoms with E-state index < -0.39 is 11.1 Å². The molecule has 7 nitrogen and oxygen atoms in total. The van der Waals surface area contributed by atoms with Gasteiger partial charge in [0.1, 0.15) is 11.5 Å². The minimum atomic E-state index is -0.715. The smallest absolute Gasteiger partial charge is 0.341 e. The van der Waals surface area contributed by atoms with E-state index in [4.69, 9.17) is 0 Å². The molecule has 0 saturated carbocycles. The predicted octanol–water partition coefficient (Wildman–Crippen LogP) is 0.257. The topological polar surface area (TPSA) is 103 Å². The standard InChI is InChI=1S/C15H17N3O4/c1-9-7-13(17-18(22)15(9)21)11-3-5-12(6-4-11)16-14(20)8-10(2)19/h3-6,9,18H,7-8H2,1-2H3,(H,16,20). The van der Waals surface area contributed by atoms with Gasteiger partial charge in [-0.25, -0.2) is 4.79 Å². The number of hydroxylamine groups is 1. The Morgan fingerprint density at radius 3 is 2.55 bits per heavy atom. The van der Waals surface area contributed by atoms with Gasteiger partial charge in [0.05, 0.1) is 12.3 Å². The molecule has 116 valence electrons. The fraction of sp³-hybridized carbons (Fsp3) is 0.333. The van der Waals surface area contributed by atoms with E-state index in [2.05, 4.69) is 10.4 Å². The number of anilines is 1. The van der Waals surface area contributed by atoms with Crippen molar-refractivity contribution in [2.45, 2.75) is 26.7 Å². The number of ketones is 1. The molecule has 1 aliphatic heterocycles. The molecule has 22 heavy (non-hydrogen) atoms. The number of hydrogen-bond donors (Lipinski definition) is 2. The second kappa shape index (κ2) is 6.59. The molecule has 0 saturated heterocycles. The molecule has 0 radical (unpaired) electrons. The highest BCUT2D eigenvalue weighted by Crippen LogP contribution is 2.16. The van der Waals surface area contributed by atoms with Crippen LogP contribution in [-0.2, 0) is 14.4 Å². The van der Waals surface area contributed by atoms with Crippen LogP contribution in [0.25, 0.3) is 0 Å². The van der Waals surface area contributed by atoms with Gasteiger partial charge < -0.3 is 10.5 Å². The third-order valence-electron chi connectivity index (χ3n) is 3.31. The van der Waals surface area contributed by atoms with Crippen LogP contribution in [0.15, 0.2) is 29.4 Å². The highest BCUT2D eigenvalue weighted by molar-refractivity contribution is 6.05. The Labute approximate surface area is 127 Å². The maximum atomic E-state index is 11.5. The molecule has 0 aliphatic carbocycles. The minimum Gasteiger partial charge on any atom is -0.599 e. The fourth-order valence-electron chi connectivity index (χ4n) is 2.18. The first kappa shape index (κ1) is 16.0. The third-order valence-corrected chi connectivity index (χ3v) is 3.31. The summed E-state index contributed by atoms with van der Waals surface area (Å²) in [5.41, 5.74) is 1.86. The van der Waals surface area contributed by atoms with Crippen molar-refractivity contribution in [1.82, 2.24) is 0 Å². The number of rotatable bonds is 4. The summed E-state index contributed by atoms with van der Waals surface area (Å²) in [7, 11) is 0. The Bertz CT molecular complexity index is 637. The molecule has 0 aromatic heterocycles. The molecule has 0 bridgehead atoms. The van der Waals surface area contributed by atoms with E-state index in [1.807, 2.05) is 0 Å². The first-order valence-corrected chi connectivity index (χ1v) is 6.92. The summed E-state index contributed by atoms with van der Waals surface area (Å²) in [5, 5.41) is 17.2. The highest BCUT2D eigenvalue weighted by Gasteiger charge is 2.28. The van der Waals surface area contributed by atoms with E-state index in [-0.39, 0.29) is 24.0 Å². The Morgan fingerprint density at radius 2 is 2.00 bits per heavy atom. The predicted molar refractivity (Wildman–Crippen MR) is 80.0 cm³/mol. The van der Waals surface area contributed by atoms with E-state index >= 15 is 0 Å². The largest absolute Gasteiger partial charge is 0.599 e. The average Bonchev–Trinajstić information content (AvgIpc) is 2.44. The van der Waals surface area contributed by atoms with Crippen LogP contribution in [-0.4, -0.2) is 23.3 Å². The van der Waals surface area contributed by atoms with Crippen LogP contribution in [0.2, 0.25) is 0 Å². The number of nitrogens with zero attached hydrogens (tertiary/aromatic N) is 1. The van der Waals surface area contributed by atoms with Gasteiger partial charge in [-0.15, -0.1) is 0 Å². The van der Waals surface area contributed by atoms with Crippen LogP contribution in [0.1, 0.15) is 32.3 Å². The first-order valence-electron chi connectivity index (χ1n) is 6.92. The van der Waals surface area contributed by atoms with E-state index in [9.17, 15) is 19.6 Å². The van der Waals surface area contributed by atoms with Crippen molar-refractivity contribution < 1.29 is 19.6 Å². The van der Waals surface area contributed by atoms with Crippen LogP contribution < -0.4 is 10.5 Å². The lowest BCUT2D eigenvalue weighted by atomic mass is 9.97. The van der Waals surface area contributed by atoms with Crippen molar-refractivity contribution in [3.8, 4) is 0 Å². The number of nitrogens with one attached hydrogen (secondary N) is 2. The van der Waals surface area contributed by atoms with Crippen molar-refractivity contribution in [3.05, 3.63) is 35.0 Å². The molecule has 2 N–H and O–H groups in total. The lowest BCUT2D eigenvalue weighted by Gasteiger charge is -2.23. The number of Topliss-reactive ketones (excluding diaryl/α,β-unsaturated/α-hetero) is 1. The number of carbonyl (C=O) groups is 3. The Morgan fingerprint density at radius 1 is 1.36 bits per heavy atom. The highest BCUT2D eigenvalue weighted by atomic mass is 16.5. The van der Waals surface area contributed by atoms with Gasteiger partial charge >= 0.3 is 5.91 Å². The monoisotopic (exact) mass is 303 g/mol. The summed E-state index contributed by atoms with van der Waals surface area (Å²) < 4.78 is 0. The van der Waals surface area contributed by atoms with Crippen LogP contribution in [0.3, 0.4) is 0 Å². The van der Waals surface area contributed by atoms with Crippen LogP contribution in [0.4, 0.5) is 5.69 Å². The summed E-state index contributed by atoms with van der Waals surface area (Å²) in [4.78, 5) is 33.8. The zero-order valence-corrected chi connectivity index (χ0v) is 12.4. The molecule has 2 amide bonds. The second-order valence-electron chi connectivity index (χ2n) is 5.34. The molecule has 2 rings (SSSR count). The van der Waals surface area contributed by atoms with E-state index in [1.54, 1.807) is 31.2 Å². The molecular formula is C15H17N3O4. The summed E-state index contributed by atoms with van der Waals surface area (Å²) in [6, 6.07) is 6.78. The molecule has 2 unspecified atom stereocenters. The SMILES string of the molecule is CC(=O)CC(=O)Nc1ccc(C2=N[NH+]([O-])C(=O)C(C)C2)cc1. The van der Waals surface area contributed by atoms with Crippen molar-refractivity contribution in [2.75, 3.05) is 5.32 Å². The number of amides is 2. The molecule has 1 aliphatic rings. The Balaban J connectivity index is 2.09. The minimum absolute atomic E-state index is 0.164. The molecule has 0 fully saturated rings. The van der Waals surface area contributed by atoms with E-state index in [0.29, 0.717) is 17.8 Å². The summed E-state index contributed by atoms with van der Waals surface area (Å²) in [5.74, 6) is -1.40. The van der Waals surface area contributed by atoms with Crippen molar-refractivity contribution in [2.24, 2.45) is 11.0 Å². The molecule has 2 atom stereocenters. The Kier molecular flexibility index (Phi) is 4.79.